The summed E-state index contributed by atoms with van der Waals surface area (Å²) in [7, 11) is 0. The minimum absolute atomic E-state index is 0.0422. The summed E-state index contributed by atoms with van der Waals surface area (Å²) >= 11 is 3.36. The Hall–Kier alpha value is -0.0500. The van der Waals surface area contributed by atoms with E-state index in [1.54, 1.807) is 0 Å². The number of carbonyl (C=O) groups is 1. The van der Waals surface area contributed by atoms with Crippen molar-refractivity contribution in [2.75, 3.05) is 6.54 Å². The Balaban J connectivity index is 2.35. The van der Waals surface area contributed by atoms with Gasteiger partial charge in [-0.1, -0.05) is 35.2 Å². The first kappa shape index (κ1) is 9.04. The van der Waals surface area contributed by atoms with E-state index in [2.05, 4.69) is 21.2 Å². The topological polar surface area (TPSA) is 29.1 Å². The molecule has 1 aliphatic heterocycles. The number of alkyl halides is 1. The van der Waals surface area contributed by atoms with Gasteiger partial charge in [0.15, 0.2) is 0 Å². The maximum absolute atomic E-state index is 11.2. The standard InChI is InChI=1S/C8H14BrNO/c9-7-5-3-1-2-4-6-10-8(7)11/h7H,1-6H2,(H,10,11). The van der Waals surface area contributed by atoms with Crippen LogP contribution in [0.2, 0.25) is 0 Å². The second-order valence-corrected chi connectivity index (χ2v) is 4.07. The third-order valence-corrected chi connectivity index (χ3v) is 2.84. The van der Waals surface area contributed by atoms with Gasteiger partial charge in [0, 0.05) is 6.54 Å². The van der Waals surface area contributed by atoms with Crippen molar-refractivity contribution in [3.05, 3.63) is 0 Å². The van der Waals surface area contributed by atoms with Crippen molar-refractivity contribution in [1.82, 2.24) is 5.32 Å². The van der Waals surface area contributed by atoms with Crippen LogP contribution in [-0.2, 0) is 4.79 Å². The van der Waals surface area contributed by atoms with E-state index >= 15 is 0 Å². The Morgan fingerprint density at radius 2 is 2.00 bits per heavy atom. The van der Waals surface area contributed by atoms with E-state index in [0.29, 0.717) is 0 Å². The molecule has 0 radical (unpaired) electrons. The first-order valence-electron chi connectivity index (χ1n) is 4.22. The highest BCUT2D eigenvalue weighted by molar-refractivity contribution is 9.10. The predicted molar refractivity (Wildman–Crippen MR) is 48.8 cm³/mol. The Kier molecular flexibility index (Phi) is 3.91. The van der Waals surface area contributed by atoms with Crippen molar-refractivity contribution in [1.29, 1.82) is 0 Å². The van der Waals surface area contributed by atoms with E-state index in [-0.39, 0.29) is 10.7 Å². The molecule has 1 atom stereocenters. The fraction of sp³-hybridized carbons (Fsp3) is 0.875. The lowest BCUT2D eigenvalue weighted by molar-refractivity contribution is -0.120. The summed E-state index contributed by atoms with van der Waals surface area (Å²) in [5.41, 5.74) is 0. The highest BCUT2D eigenvalue weighted by atomic mass is 79.9. The molecule has 64 valence electrons. The van der Waals surface area contributed by atoms with Crippen LogP contribution in [0.1, 0.15) is 32.1 Å². The van der Waals surface area contributed by atoms with Crippen LogP contribution < -0.4 is 5.32 Å². The zero-order chi connectivity index (χ0) is 8.10. The summed E-state index contributed by atoms with van der Waals surface area (Å²) in [6, 6.07) is 0. The summed E-state index contributed by atoms with van der Waals surface area (Å²) in [5, 5.41) is 2.89. The zero-order valence-electron chi connectivity index (χ0n) is 6.61. The van der Waals surface area contributed by atoms with Gasteiger partial charge in [-0.2, -0.15) is 0 Å². The summed E-state index contributed by atoms with van der Waals surface area (Å²) in [5.74, 6) is 0.159. The molecule has 0 spiro atoms. The van der Waals surface area contributed by atoms with Crippen LogP contribution in [0.15, 0.2) is 0 Å². The second kappa shape index (κ2) is 4.75. The van der Waals surface area contributed by atoms with Gasteiger partial charge in [-0.3, -0.25) is 4.79 Å². The minimum atomic E-state index is 0.0422. The number of halogens is 1. The van der Waals surface area contributed by atoms with Gasteiger partial charge in [0.1, 0.15) is 0 Å². The van der Waals surface area contributed by atoms with Gasteiger partial charge in [-0.05, 0) is 12.8 Å². The van der Waals surface area contributed by atoms with Gasteiger partial charge in [0.25, 0.3) is 0 Å². The van der Waals surface area contributed by atoms with Gasteiger partial charge in [0.2, 0.25) is 5.91 Å². The van der Waals surface area contributed by atoms with Gasteiger partial charge >= 0.3 is 0 Å². The van der Waals surface area contributed by atoms with Crippen molar-refractivity contribution in [3.63, 3.8) is 0 Å². The molecule has 1 rings (SSSR count). The van der Waals surface area contributed by atoms with Crippen molar-refractivity contribution < 1.29 is 4.79 Å². The number of carbonyl (C=O) groups excluding carboxylic acids is 1. The predicted octanol–water partition coefficient (Wildman–Crippen LogP) is 1.83. The third kappa shape index (κ3) is 3.23. The van der Waals surface area contributed by atoms with E-state index in [1.165, 1.54) is 19.3 Å². The molecule has 0 aliphatic carbocycles. The lowest BCUT2D eigenvalue weighted by Gasteiger charge is -2.06. The lowest BCUT2D eigenvalue weighted by Crippen LogP contribution is -2.31. The molecular formula is C8H14BrNO. The molecule has 0 aromatic heterocycles. The van der Waals surface area contributed by atoms with Gasteiger partial charge in [0.05, 0.1) is 4.83 Å². The van der Waals surface area contributed by atoms with Crippen LogP contribution in [0, 0.1) is 0 Å². The van der Waals surface area contributed by atoms with Crippen molar-refractivity contribution in [2.24, 2.45) is 0 Å². The highest BCUT2D eigenvalue weighted by Gasteiger charge is 2.14. The van der Waals surface area contributed by atoms with Crippen molar-refractivity contribution >= 4 is 21.8 Å². The molecule has 0 bridgehead atoms. The summed E-state index contributed by atoms with van der Waals surface area (Å²) in [6.07, 6.45) is 5.79. The molecule has 1 unspecified atom stereocenters. The van der Waals surface area contributed by atoms with Gasteiger partial charge in [-0.15, -0.1) is 0 Å². The van der Waals surface area contributed by atoms with Crippen LogP contribution in [0.3, 0.4) is 0 Å². The molecule has 0 aromatic rings. The van der Waals surface area contributed by atoms with Gasteiger partial charge in [-0.25, -0.2) is 0 Å². The third-order valence-electron chi connectivity index (χ3n) is 1.97. The molecular weight excluding hydrogens is 206 g/mol. The molecule has 1 aliphatic rings. The van der Waals surface area contributed by atoms with Crippen LogP contribution in [0.4, 0.5) is 0 Å². The average molecular weight is 220 g/mol. The molecule has 0 saturated carbocycles. The first-order valence-corrected chi connectivity index (χ1v) is 5.14. The van der Waals surface area contributed by atoms with Crippen LogP contribution in [0.25, 0.3) is 0 Å². The molecule has 0 aromatic carbocycles. The summed E-state index contributed by atoms with van der Waals surface area (Å²) in [4.78, 5) is 11.2. The Morgan fingerprint density at radius 3 is 2.82 bits per heavy atom. The van der Waals surface area contributed by atoms with Crippen LogP contribution >= 0.6 is 15.9 Å². The lowest BCUT2D eigenvalue weighted by atomic mass is 10.1. The fourth-order valence-corrected chi connectivity index (χ4v) is 1.74. The van der Waals surface area contributed by atoms with Crippen molar-refractivity contribution in [2.45, 2.75) is 36.9 Å². The summed E-state index contributed by atoms with van der Waals surface area (Å²) < 4.78 is 0. The van der Waals surface area contributed by atoms with E-state index in [9.17, 15) is 4.79 Å². The maximum atomic E-state index is 11.2. The monoisotopic (exact) mass is 219 g/mol. The van der Waals surface area contributed by atoms with Gasteiger partial charge < -0.3 is 5.32 Å². The second-order valence-electron chi connectivity index (χ2n) is 2.96. The number of hydrogen-bond donors (Lipinski definition) is 1. The van der Waals surface area contributed by atoms with E-state index in [1.807, 2.05) is 0 Å². The Morgan fingerprint density at radius 1 is 1.27 bits per heavy atom. The molecule has 2 nitrogen and oxygen atoms in total. The van der Waals surface area contributed by atoms with E-state index < -0.39 is 0 Å². The van der Waals surface area contributed by atoms with Crippen LogP contribution in [-0.4, -0.2) is 17.3 Å². The molecule has 1 saturated heterocycles. The molecule has 3 heteroatoms. The SMILES string of the molecule is O=C1NCCCCCCC1Br. The molecule has 11 heavy (non-hydrogen) atoms. The molecule has 1 fully saturated rings. The average Bonchev–Trinajstić information content (AvgIpc) is 2.07. The Labute approximate surface area is 75.9 Å². The molecule has 1 heterocycles. The smallest absolute Gasteiger partial charge is 0.233 e. The molecule has 1 amide bonds. The number of nitrogens with one attached hydrogen (secondary N) is 1. The minimum Gasteiger partial charge on any atom is -0.355 e. The zero-order valence-corrected chi connectivity index (χ0v) is 8.19. The highest BCUT2D eigenvalue weighted by Crippen LogP contribution is 2.13. The number of hydrogen-bond acceptors (Lipinski definition) is 1. The maximum Gasteiger partial charge on any atom is 0.233 e. The Bertz CT molecular complexity index is 138. The first-order chi connectivity index (χ1) is 5.30. The largest absolute Gasteiger partial charge is 0.355 e. The van der Waals surface area contributed by atoms with E-state index in [4.69, 9.17) is 0 Å². The number of amides is 1. The summed E-state index contributed by atoms with van der Waals surface area (Å²) in [6.45, 7) is 0.848. The van der Waals surface area contributed by atoms with Crippen molar-refractivity contribution in [3.8, 4) is 0 Å². The fourth-order valence-electron chi connectivity index (χ4n) is 1.26. The number of rotatable bonds is 0. The van der Waals surface area contributed by atoms with Crippen LogP contribution in [0.5, 0.6) is 0 Å². The quantitative estimate of drug-likeness (QED) is 0.620. The molecule has 1 N–H and O–H groups in total. The van der Waals surface area contributed by atoms with E-state index in [0.717, 1.165) is 19.4 Å². The normalized spacial score (nSPS) is 28.1.